The molecule has 3 aromatic carbocycles. The number of rotatable bonds is 20. The van der Waals surface area contributed by atoms with Crippen LogP contribution >= 0.6 is 11.8 Å². The minimum Gasteiger partial charge on any atom is -0.497 e. The highest BCUT2D eigenvalue weighted by Crippen LogP contribution is 2.34. The molecule has 0 bridgehead atoms. The van der Waals surface area contributed by atoms with E-state index >= 15 is 4.39 Å². The van der Waals surface area contributed by atoms with Gasteiger partial charge in [0.25, 0.3) is 0 Å². The van der Waals surface area contributed by atoms with Crippen molar-refractivity contribution in [3.8, 4) is 34.0 Å². The van der Waals surface area contributed by atoms with Crippen molar-refractivity contribution in [2.45, 2.75) is 69.6 Å². The second-order valence-corrected chi connectivity index (χ2v) is 12.4. The topological polar surface area (TPSA) is 50.4 Å². The molecular formula is C37H47F2N3O2S. The van der Waals surface area contributed by atoms with Gasteiger partial charge >= 0.3 is 0 Å². The van der Waals surface area contributed by atoms with Crippen LogP contribution in [0.5, 0.6) is 11.5 Å². The summed E-state index contributed by atoms with van der Waals surface area (Å²) in [5.41, 5.74) is 4.49. The van der Waals surface area contributed by atoms with Crippen molar-refractivity contribution in [3.63, 3.8) is 0 Å². The zero-order chi connectivity index (χ0) is 31.9. The average molecular weight is 636 g/mol. The van der Waals surface area contributed by atoms with Crippen LogP contribution in [0.3, 0.4) is 0 Å². The summed E-state index contributed by atoms with van der Waals surface area (Å²) in [4.78, 5) is 10.8. The maximum absolute atomic E-state index is 15.1. The highest BCUT2D eigenvalue weighted by Gasteiger charge is 2.17. The van der Waals surface area contributed by atoms with Gasteiger partial charge in [-0.05, 0) is 98.6 Å². The van der Waals surface area contributed by atoms with Crippen molar-refractivity contribution >= 4 is 11.8 Å². The predicted molar refractivity (Wildman–Crippen MR) is 183 cm³/mol. The number of hydrogen-bond donors (Lipinski definition) is 1. The number of halogens is 2. The summed E-state index contributed by atoms with van der Waals surface area (Å²) in [6, 6.07) is 21.8. The maximum Gasteiger partial charge on any atom is 0.166 e. The van der Waals surface area contributed by atoms with Gasteiger partial charge in [-0.15, -0.1) is 0 Å². The van der Waals surface area contributed by atoms with Crippen LogP contribution in [0, 0.1) is 5.82 Å². The third-order valence-corrected chi connectivity index (χ3v) is 8.97. The number of aromatic nitrogens is 2. The average Bonchev–Trinajstić information content (AvgIpc) is 3.50. The highest BCUT2D eigenvalue weighted by atomic mass is 32.2. The van der Waals surface area contributed by atoms with Gasteiger partial charge in [-0.3, -0.25) is 0 Å². The number of benzene rings is 3. The van der Waals surface area contributed by atoms with Gasteiger partial charge < -0.3 is 19.4 Å². The van der Waals surface area contributed by atoms with E-state index in [2.05, 4.69) is 16.8 Å². The van der Waals surface area contributed by atoms with Crippen LogP contribution in [0.25, 0.3) is 22.5 Å². The third kappa shape index (κ3) is 10.9. The second-order valence-electron chi connectivity index (χ2n) is 11.4. The standard InChI is InChI=1S/C37H47F2N3O2S/c1-4-5-6-7-9-24-42(27-34(39)28-12-18-31(38)19-13-28)25-10-8-11-26-45-37-40-35(29-14-20-32(43-2)21-15-29)36(41-37)30-16-22-33(44-3)23-17-30/h12-23,34H,4-11,24-27H2,1-3H3,(H,40,41). The number of alkyl halides is 1. The van der Waals surface area contributed by atoms with Crippen molar-refractivity contribution in [1.29, 1.82) is 0 Å². The number of nitrogens with zero attached hydrogens (tertiary/aromatic N) is 2. The molecular weight excluding hydrogens is 588 g/mol. The summed E-state index contributed by atoms with van der Waals surface area (Å²) in [6.07, 6.45) is 7.94. The Kier molecular flexibility index (Phi) is 14.2. The van der Waals surface area contributed by atoms with Crippen LogP contribution in [-0.4, -0.2) is 54.5 Å². The van der Waals surface area contributed by atoms with E-state index < -0.39 is 6.17 Å². The molecule has 242 valence electrons. The summed E-state index contributed by atoms with van der Waals surface area (Å²) in [7, 11) is 3.33. The third-order valence-electron chi connectivity index (χ3n) is 8.01. The molecule has 0 amide bonds. The van der Waals surface area contributed by atoms with E-state index in [1.54, 1.807) is 38.1 Å². The Morgan fingerprint density at radius 1 is 0.756 bits per heavy atom. The number of nitrogens with one attached hydrogen (secondary N) is 1. The monoisotopic (exact) mass is 635 g/mol. The van der Waals surface area contributed by atoms with E-state index in [1.807, 2.05) is 48.5 Å². The molecule has 8 heteroatoms. The van der Waals surface area contributed by atoms with Crippen molar-refractivity contribution in [3.05, 3.63) is 84.2 Å². The van der Waals surface area contributed by atoms with Crippen molar-refractivity contribution in [1.82, 2.24) is 14.9 Å². The lowest BCUT2D eigenvalue weighted by Gasteiger charge is -2.24. The minimum absolute atomic E-state index is 0.333. The minimum atomic E-state index is -1.12. The fourth-order valence-electron chi connectivity index (χ4n) is 5.36. The first-order valence-electron chi connectivity index (χ1n) is 16.1. The molecule has 4 rings (SSSR count). The predicted octanol–water partition coefficient (Wildman–Crippen LogP) is 10.1. The lowest BCUT2D eigenvalue weighted by atomic mass is 10.0. The zero-order valence-corrected chi connectivity index (χ0v) is 27.7. The molecule has 45 heavy (non-hydrogen) atoms. The molecule has 0 fully saturated rings. The molecule has 4 aromatic rings. The van der Waals surface area contributed by atoms with Crippen LogP contribution in [0.2, 0.25) is 0 Å². The van der Waals surface area contributed by atoms with Crippen LogP contribution in [-0.2, 0) is 0 Å². The first-order chi connectivity index (χ1) is 22.0. The Morgan fingerprint density at radius 2 is 1.33 bits per heavy atom. The SMILES string of the molecule is CCCCCCCN(CCCCCSc1nc(-c2ccc(OC)cc2)c(-c2ccc(OC)cc2)[nH]1)CC(F)c1ccc(F)cc1. The largest absolute Gasteiger partial charge is 0.497 e. The van der Waals surface area contributed by atoms with Gasteiger partial charge in [-0.25, -0.2) is 13.8 Å². The molecule has 0 saturated heterocycles. The number of thioether (sulfide) groups is 1. The fraction of sp³-hybridized carbons (Fsp3) is 0.432. The Hall–Kier alpha value is -3.36. The number of aromatic amines is 1. The number of H-pyrrole nitrogens is 1. The number of unbranched alkanes of at least 4 members (excludes halogenated alkanes) is 6. The summed E-state index contributed by atoms with van der Waals surface area (Å²) >= 11 is 1.73. The molecule has 0 radical (unpaired) electrons. The van der Waals surface area contributed by atoms with E-state index in [0.717, 1.165) is 83.7 Å². The smallest absolute Gasteiger partial charge is 0.166 e. The maximum atomic E-state index is 15.1. The van der Waals surface area contributed by atoms with Gasteiger partial charge in [-0.1, -0.05) is 62.9 Å². The highest BCUT2D eigenvalue weighted by molar-refractivity contribution is 7.99. The summed E-state index contributed by atoms with van der Waals surface area (Å²) in [6.45, 7) is 4.33. The van der Waals surface area contributed by atoms with Gasteiger partial charge in [0.1, 0.15) is 23.5 Å². The van der Waals surface area contributed by atoms with Gasteiger partial charge in [0.15, 0.2) is 5.16 Å². The number of hydrogen-bond acceptors (Lipinski definition) is 5. The molecule has 1 heterocycles. The number of ether oxygens (including phenoxy) is 2. The number of imidazole rings is 1. The molecule has 0 aliphatic heterocycles. The van der Waals surface area contributed by atoms with Crippen molar-refractivity contribution < 1.29 is 18.3 Å². The quantitative estimate of drug-likeness (QED) is 0.0774. The molecule has 1 atom stereocenters. The lowest BCUT2D eigenvalue weighted by Crippen LogP contribution is -2.29. The lowest BCUT2D eigenvalue weighted by molar-refractivity contribution is 0.186. The van der Waals surface area contributed by atoms with Gasteiger partial charge in [0, 0.05) is 23.4 Å². The Balaban J connectivity index is 1.31. The summed E-state index contributed by atoms with van der Waals surface area (Å²) in [5, 5.41) is 0.889. The molecule has 0 spiro atoms. The van der Waals surface area contributed by atoms with Crippen LogP contribution in [0.1, 0.15) is 70.0 Å². The first kappa shape index (κ1) is 34.5. The molecule has 1 unspecified atom stereocenters. The van der Waals surface area contributed by atoms with E-state index in [4.69, 9.17) is 14.5 Å². The molecule has 5 nitrogen and oxygen atoms in total. The Labute approximate surface area is 271 Å². The molecule has 1 aromatic heterocycles. The molecule has 0 aliphatic rings. The van der Waals surface area contributed by atoms with E-state index in [-0.39, 0.29) is 5.82 Å². The van der Waals surface area contributed by atoms with Gasteiger partial charge in [0.05, 0.1) is 25.6 Å². The number of methoxy groups -OCH3 is 2. The zero-order valence-electron chi connectivity index (χ0n) is 26.9. The van der Waals surface area contributed by atoms with E-state index in [1.165, 1.54) is 37.8 Å². The van der Waals surface area contributed by atoms with Crippen molar-refractivity contribution in [2.24, 2.45) is 0 Å². The van der Waals surface area contributed by atoms with Crippen molar-refractivity contribution in [2.75, 3.05) is 39.6 Å². The van der Waals surface area contributed by atoms with Gasteiger partial charge in [0.2, 0.25) is 0 Å². The van der Waals surface area contributed by atoms with Crippen LogP contribution < -0.4 is 9.47 Å². The molecule has 0 aliphatic carbocycles. The van der Waals surface area contributed by atoms with E-state index in [0.29, 0.717) is 12.1 Å². The summed E-state index contributed by atoms with van der Waals surface area (Å²) < 4.78 is 39.2. The Morgan fingerprint density at radius 3 is 1.93 bits per heavy atom. The van der Waals surface area contributed by atoms with Gasteiger partial charge in [-0.2, -0.15) is 0 Å². The first-order valence-corrected chi connectivity index (χ1v) is 17.1. The van der Waals surface area contributed by atoms with Crippen LogP contribution in [0.15, 0.2) is 78.0 Å². The second kappa shape index (κ2) is 18.6. The normalized spacial score (nSPS) is 12.0. The van der Waals surface area contributed by atoms with Crippen LogP contribution in [0.4, 0.5) is 8.78 Å². The summed E-state index contributed by atoms with van der Waals surface area (Å²) in [5.74, 6) is 2.23. The Bertz CT molecular complexity index is 1330. The van der Waals surface area contributed by atoms with E-state index in [9.17, 15) is 4.39 Å². The molecule has 1 N–H and O–H groups in total. The molecule has 0 saturated carbocycles. The fourth-order valence-corrected chi connectivity index (χ4v) is 6.24.